The minimum atomic E-state index is -0.590. The minimum absolute atomic E-state index is 0.0216. The van der Waals surface area contributed by atoms with Gasteiger partial charge in [-0.15, -0.1) is 0 Å². The molecule has 1 aromatic heterocycles. The van der Waals surface area contributed by atoms with Gasteiger partial charge in [-0.2, -0.15) is 0 Å². The Hall–Kier alpha value is -2.65. The van der Waals surface area contributed by atoms with Crippen molar-refractivity contribution >= 4 is 23.7 Å². The van der Waals surface area contributed by atoms with Crippen LogP contribution in [-0.4, -0.2) is 60.4 Å². The van der Waals surface area contributed by atoms with Gasteiger partial charge in [-0.25, -0.2) is 23.4 Å². The van der Waals surface area contributed by atoms with Crippen molar-refractivity contribution < 1.29 is 23.0 Å². The first-order valence-corrected chi connectivity index (χ1v) is 13.1. The van der Waals surface area contributed by atoms with Crippen molar-refractivity contribution in [1.82, 2.24) is 14.7 Å². The largest absolute Gasteiger partial charge is 0.489 e. The van der Waals surface area contributed by atoms with E-state index in [4.69, 9.17) is 21.3 Å². The van der Waals surface area contributed by atoms with Crippen molar-refractivity contribution in [2.45, 2.75) is 58.3 Å². The highest BCUT2D eigenvalue weighted by atomic mass is 35.5. The second kappa shape index (κ2) is 13.8. The van der Waals surface area contributed by atoms with Crippen molar-refractivity contribution in [3.8, 4) is 5.75 Å². The molecule has 3 heterocycles. The highest BCUT2D eigenvalue weighted by Crippen LogP contribution is 2.30. The Morgan fingerprint density at radius 1 is 1.24 bits per heavy atom. The maximum Gasteiger partial charge on any atom is 0.410 e. The van der Waals surface area contributed by atoms with Crippen LogP contribution in [0.1, 0.15) is 40.0 Å². The Morgan fingerprint density at radius 2 is 1.97 bits per heavy atom. The monoisotopic (exact) mass is 538 g/mol. The summed E-state index contributed by atoms with van der Waals surface area (Å²) >= 11 is 5.92. The number of hydrogen-bond acceptors (Lipinski definition) is 6. The second-order valence-corrected chi connectivity index (χ2v) is 10.1. The first-order chi connectivity index (χ1) is 17.7. The third-order valence-corrected chi connectivity index (χ3v) is 7.10. The molecule has 2 aliphatic rings. The third-order valence-electron chi connectivity index (χ3n) is 6.82. The maximum absolute atomic E-state index is 14.3. The van der Waals surface area contributed by atoms with Gasteiger partial charge in [0.25, 0.3) is 0 Å². The Morgan fingerprint density at radius 3 is 2.57 bits per heavy atom. The van der Waals surface area contributed by atoms with Crippen LogP contribution >= 0.6 is 11.8 Å². The number of anilines is 1. The van der Waals surface area contributed by atoms with Crippen molar-refractivity contribution in [3.05, 3.63) is 54.8 Å². The van der Waals surface area contributed by atoms with Crippen molar-refractivity contribution in [2.24, 2.45) is 11.8 Å². The zero-order chi connectivity index (χ0) is 26.9. The predicted molar refractivity (Wildman–Crippen MR) is 142 cm³/mol. The standard InChI is InChI=1S/C27H37ClF2N4O3/c1-5-22(29)6-7-23(30)14-21-16-34(17-25(21)32-28)26-9-8-24(15-31-26)37-19(4)20-10-12-33(13-11-20)27(35)36-18(2)3/h5-9,15,18-21,25,32H,1,10-14,16-17H2,2-4H3/b22-6+,23-7+/t19-,21-,25-/m0/s1. The number of carbonyl (C=O) groups is 1. The molecule has 1 N–H and O–H groups in total. The molecule has 1 aromatic rings. The van der Waals surface area contributed by atoms with Crippen LogP contribution in [0, 0.1) is 11.8 Å². The topological polar surface area (TPSA) is 66.9 Å². The van der Waals surface area contributed by atoms with E-state index in [1.54, 1.807) is 11.1 Å². The number of pyridine rings is 1. The highest BCUT2D eigenvalue weighted by molar-refractivity contribution is 6.13. The van der Waals surface area contributed by atoms with E-state index >= 15 is 0 Å². The van der Waals surface area contributed by atoms with Crippen LogP contribution in [0.3, 0.4) is 0 Å². The molecule has 2 aliphatic heterocycles. The van der Waals surface area contributed by atoms with Crippen LogP contribution in [0.2, 0.25) is 0 Å². The highest BCUT2D eigenvalue weighted by Gasteiger charge is 2.34. The molecule has 7 nitrogen and oxygen atoms in total. The van der Waals surface area contributed by atoms with Crippen molar-refractivity contribution in [1.29, 1.82) is 0 Å². The molecule has 37 heavy (non-hydrogen) atoms. The van der Waals surface area contributed by atoms with Crippen LogP contribution in [0.15, 0.2) is 54.8 Å². The summed E-state index contributed by atoms with van der Waals surface area (Å²) in [5.41, 5.74) is 0. The number of ether oxygens (including phenoxy) is 2. The molecular formula is C27H37ClF2N4O3. The number of allylic oxidation sites excluding steroid dienone is 5. The number of halogens is 3. The van der Waals surface area contributed by atoms with Gasteiger partial charge < -0.3 is 19.3 Å². The van der Waals surface area contributed by atoms with Gasteiger partial charge in [0.2, 0.25) is 0 Å². The van der Waals surface area contributed by atoms with Crippen LogP contribution in [0.4, 0.5) is 19.4 Å². The molecule has 2 saturated heterocycles. The van der Waals surface area contributed by atoms with Gasteiger partial charge in [-0.1, -0.05) is 6.58 Å². The molecule has 10 heteroatoms. The van der Waals surface area contributed by atoms with E-state index in [2.05, 4.69) is 16.4 Å². The summed E-state index contributed by atoms with van der Waals surface area (Å²) in [5.74, 6) is 0.636. The molecule has 0 radical (unpaired) electrons. The first-order valence-electron chi connectivity index (χ1n) is 12.7. The van der Waals surface area contributed by atoms with E-state index in [-0.39, 0.29) is 36.7 Å². The first kappa shape index (κ1) is 28.9. The number of amides is 1. The number of aromatic nitrogens is 1. The molecule has 1 amide bonds. The van der Waals surface area contributed by atoms with Gasteiger partial charge >= 0.3 is 6.09 Å². The van der Waals surface area contributed by atoms with E-state index in [1.165, 1.54) is 0 Å². The molecule has 0 aromatic carbocycles. The fourth-order valence-corrected chi connectivity index (χ4v) is 4.96. The summed E-state index contributed by atoms with van der Waals surface area (Å²) in [6.45, 7) is 11.5. The summed E-state index contributed by atoms with van der Waals surface area (Å²) in [6.07, 6.45) is 6.34. The smallest absolute Gasteiger partial charge is 0.410 e. The van der Waals surface area contributed by atoms with Crippen LogP contribution in [0.25, 0.3) is 0 Å². The zero-order valence-corrected chi connectivity index (χ0v) is 22.5. The molecule has 3 rings (SSSR count). The third kappa shape index (κ3) is 8.43. The van der Waals surface area contributed by atoms with Gasteiger partial charge in [-0.05, 0) is 81.7 Å². The van der Waals surface area contributed by atoms with Gasteiger partial charge in [-0.3, -0.25) is 0 Å². The number of nitrogens with one attached hydrogen (secondary N) is 1. The SMILES string of the molecule is C=C/C(F)=C\C=C(\F)C[C@H]1CN(c2ccc(O[C@@H](C)C3CCN(C(=O)OC(C)C)CC3)cn2)C[C@@H]1NCl. The van der Waals surface area contributed by atoms with Crippen LogP contribution < -0.4 is 14.5 Å². The van der Waals surface area contributed by atoms with Crippen LogP contribution in [-0.2, 0) is 4.74 Å². The lowest BCUT2D eigenvalue weighted by atomic mass is 9.92. The molecule has 2 fully saturated rings. The van der Waals surface area contributed by atoms with E-state index in [1.807, 2.05) is 37.8 Å². The molecule has 0 unspecified atom stereocenters. The summed E-state index contributed by atoms with van der Waals surface area (Å²) in [7, 11) is 0. The lowest BCUT2D eigenvalue weighted by Gasteiger charge is -2.34. The normalized spacial score (nSPS) is 22.4. The molecule has 3 atom stereocenters. The molecular weight excluding hydrogens is 502 g/mol. The predicted octanol–water partition coefficient (Wildman–Crippen LogP) is 5.94. The second-order valence-electron chi connectivity index (χ2n) is 9.89. The number of likely N-dealkylation sites (tertiary alicyclic amines) is 1. The van der Waals surface area contributed by atoms with Gasteiger partial charge in [0.1, 0.15) is 23.2 Å². The quantitative estimate of drug-likeness (QED) is 0.294. The Kier molecular flexibility index (Phi) is 10.8. The zero-order valence-electron chi connectivity index (χ0n) is 21.7. The van der Waals surface area contributed by atoms with E-state index in [0.29, 0.717) is 37.8 Å². The average Bonchev–Trinajstić information content (AvgIpc) is 3.29. The molecule has 0 spiro atoms. The van der Waals surface area contributed by atoms with Gasteiger partial charge in [0.05, 0.1) is 18.4 Å². The fraction of sp³-hybridized carbons (Fsp3) is 0.556. The summed E-state index contributed by atoms with van der Waals surface area (Å²) in [4.78, 5) is 23.2. The van der Waals surface area contributed by atoms with E-state index in [0.717, 1.165) is 36.9 Å². The van der Waals surface area contributed by atoms with E-state index < -0.39 is 11.7 Å². The Bertz CT molecular complexity index is 965. The summed E-state index contributed by atoms with van der Waals surface area (Å²) in [5, 5.41) is 0. The molecule has 204 valence electrons. The van der Waals surface area contributed by atoms with E-state index in [9.17, 15) is 13.6 Å². The van der Waals surface area contributed by atoms with Gasteiger partial charge in [0.15, 0.2) is 0 Å². The summed E-state index contributed by atoms with van der Waals surface area (Å²) < 4.78 is 38.9. The maximum atomic E-state index is 14.3. The van der Waals surface area contributed by atoms with Gasteiger partial charge in [0, 0.05) is 44.6 Å². The molecule has 0 saturated carbocycles. The minimum Gasteiger partial charge on any atom is -0.489 e. The number of piperidine rings is 1. The Labute approximate surface area is 223 Å². The number of hydrogen-bond donors (Lipinski definition) is 1. The Balaban J connectivity index is 1.51. The number of rotatable bonds is 10. The van der Waals surface area contributed by atoms with Crippen molar-refractivity contribution in [2.75, 3.05) is 31.1 Å². The molecule has 0 aliphatic carbocycles. The lowest BCUT2D eigenvalue weighted by Crippen LogP contribution is -2.42. The fourth-order valence-electron chi connectivity index (χ4n) is 4.71. The lowest BCUT2D eigenvalue weighted by molar-refractivity contribution is 0.0494. The van der Waals surface area contributed by atoms with Crippen molar-refractivity contribution in [3.63, 3.8) is 0 Å². The summed E-state index contributed by atoms with van der Waals surface area (Å²) in [6, 6.07) is 3.62. The average molecular weight is 539 g/mol. The number of carbonyl (C=O) groups excluding carboxylic acids is 1. The van der Waals surface area contributed by atoms with Crippen LogP contribution in [0.5, 0.6) is 5.75 Å². The molecule has 0 bridgehead atoms. The number of nitrogens with zero attached hydrogens (tertiary/aromatic N) is 3.